The molecule has 0 radical (unpaired) electrons. The van der Waals surface area contributed by atoms with Crippen LogP contribution in [0, 0.1) is 12.0 Å². The van der Waals surface area contributed by atoms with E-state index in [1.165, 1.54) is 0 Å². The molecule has 90 valence electrons. The molecule has 0 bridgehead atoms. The molecule has 1 atom stereocenters. The summed E-state index contributed by atoms with van der Waals surface area (Å²) in [4.78, 5) is 26.0. The minimum absolute atomic E-state index is 0.182. The van der Waals surface area contributed by atoms with Gasteiger partial charge < -0.3 is 9.84 Å². The number of nitrogens with zero attached hydrogens (tertiary/aromatic N) is 1. The first-order valence-corrected chi connectivity index (χ1v) is 5.42. The summed E-state index contributed by atoms with van der Waals surface area (Å²) >= 11 is 0. The van der Waals surface area contributed by atoms with E-state index in [-0.39, 0.29) is 13.0 Å². The van der Waals surface area contributed by atoms with Gasteiger partial charge in [-0.2, -0.15) is 0 Å². The third kappa shape index (κ3) is 6.02. The Morgan fingerprint density at radius 2 is 2.12 bits per heavy atom. The maximum absolute atomic E-state index is 11.2. The van der Waals surface area contributed by atoms with E-state index in [0.29, 0.717) is 13.0 Å². The van der Waals surface area contributed by atoms with Gasteiger partial charge in [0.25, 0.3) is 12.6 Å². The highest BCUT2D eigenvalue weighted by atomic mass is 16.5. The van der Waals surface area contributed by atoms with Crippen LogP contribution in [0.4, 0.5) is 0 Å². The molecule has 1 unspecified atom stereocenters. The Morgan fingerprint density at radius 3 is 2.62 bits per heavy atom. The zero-order chi connectivity index (χ0) is 12.4. The van der Waals surface area contributed by atoms with Crippen LogP contribution in [0.5, 0.6) is 0 Å². The monoisotopic (exact) mass is 228 g/mol. The minimum Gasteiger partial charge on any atom is -0.481 e. The molecule has 0 fully saturated rings. The second kappa shape index (κ2) is 8.72. The number of carbonyl (C=O) groups excluding carboxylic acids is 1. The maximum atomic E-state index is 11.2. The summed E-state index contributed by atoms with van der Waals surface area (Å²) < 4.78 is 4.67. The van der Waals surface area contributed by atoms with Crippen LogP contribution in [0.2, 0.25) is 0 Å². The van der Waals surface area contributed by atoms with Crippen molar-refractivity contribution in [1.82, 2.24) is 0 Å². The molecular formula is C11H18NO4+. The number of ether oxygens (including phenoxy) is 1. The molecule has 16 heavy (non-hydrogen) atoms. The number of hydrogen-bond donors (Lipinski definition) is 1. The van der Waals surface area contributed by atoms with E-state index in [1.54, 1.807) is 6.92 Å². The molecule has 0 amide bonds. The van der Waals surface area contributed by atoms with Gasteiger partial charge in [-0.1, -0.05) is 11.8 Å². The lowest BCUT2D eigenvalue weighted by Gasteiger charge is -2.07. The Balaban J connectivity index is 4.11. The summed E-state index contributed by atoms with van der Waals surface area (Å²) in [7, 11) is 0. The fraction of sp³-hybridized carbons (Fsp3) is 0.727. The van der Waals surface area contributed by atoms with Crippen molar-refractivity contribution in [1.29, 1.82) is 0 Å². The SMILES string of the molecule is CCC[N+]#CCCC(C(=O)O)C(=O)OCC. The van der Waals surface area contributed by atoms with Crippen molar-refractivity contribution in [3.05, 3.63) is 4.85 Å². The van der Waals surface area contributed by atoms with Gasteiger partial charge >= 0.3 is 11.9 Å². The lowest BCUT2D eigenvalue weighted by atomic mass is 10.0. The van der Waals surface area contributed by atoms with Crippen molar-refractivity contribution in [2.45, 2.75) is 33.1 Å². The molecule has 1 N–H and O–H groups in total. The fourth-order valence-corrected chi connectivity index (χ4v) is 1.06. The summed E-state index contributed by atoms with van der Waals surface area (Å²) in [5.74, 6) is -2.95. The molecule has 0 spiro atoms. The molecule has 0 rings (SSSR count). The molecule has 0 aromatic carbocycles. The molecule has 0 aliphatic carbocycles. The summed E-state index contributed by atoms with van der Waals surface area (Å²) in [5, 5.41) is 8.81. The maximum Gasteiger partial charge on any atom is 0.320 e. The molecule has 0 saturated carbocycles. The summed E-state index contributed by atoms with van der Waals surface area (Å²) in [6.07, 6.45) is 1.46. The number of rotatable bonds is 6. The quantitative estimate of drug-likeness (QED) is 0.555. The van der Waals surface area contributed by atoms with Crippen molar-refractivity contribution in [2.75, 3.05) is 13.2 Å². The second-order valence-electron chi connectivity index (χ2n) is 3.22. The van der Waals surface area contributed by atoms with E-state index in [0.717, 1.165) is 6.42 Å². The topological polar surface area (TPSA) is 68.0 Å². The molecule has 0 aromatic heterocycles. The third-order valence-electron chi connectivity index (χ3n) is 1.86. The molecule has 5 nitrogen and oxygen atoms in total. The van der Waals surface area contributed by atoms with Gasteiger partial charge in [0.15, 0.2) is 5.92 Å². The number of carbonyl (C=O) groups is 2. The van der Waals surface area contributed by atoms with Crippen LogP contribution in [-0.4, -0.2) is 30.2 Å². The average Bonchev–Trinajstić information content (AvgIpc) is 2.23. The summed E-state index contributed by atoms with van der Waals surface area (Å²) in [6, 6.07) is 2.72. The van der Waals surface area contributed by atoms with Gasteiger partial charge in [-0.3, -0.25) is 9.59 Å². The number of carboxylic acids is 1. The van der Waals surface area contributed by atoms with Crippen LogP contribution in [-0.2, 0) is 14.3 Å². The van der Waals surface area contributed by atoms with Gasteiger partial charge in [-0.15, -0.1) is 0 Å². The highest BCUT2D eigenvalue weighted by Gasteiger charge is 2.27. The van der Waals surface area contributed by atoms with E-state index >= 15 is 0 Å². The van der Waals surface area contributed by atoms with E-state index in [9.17, 15) is 9.59 Å². The predicted molar refractivity (Wildman–Crippen MR) is 59.4 cm³/mol. The Labute approximate surface area is 95.2 Å². The summed E-state index contributed by atoms with van der Waals surface area (Å²) in [6.45, 7) is 4.50. The van der Waals surface area contributed by atoms with Gasteiger partial charge in [-0.25, -0.2) is 0 Å². The van der Waals surface area contributed by atoms with Crippen LogP contribution in [0.25, 0.3) is 4.85 Å². The molecule has 0 aliphatic rings. The Hall–Kier alpha value is -1.57. The summed E-state index contributed by atoms with van der Waals surface area (Å²) in [5.41, 5.74) is 0. The molecule has 0 aliphatic heterocycles. The van der Waals surface area contributed by atoms with E-state index in [4.69, 9.17) is 5.11 Å². The van der Waals surface area contributed by atoms with Crippen LogP contribution in [0.15, 0.2) is 0 Å². The van der Waals surface area contributed by atoms with Crippen molar-refractivity contribution in [2.24, 2.45) is 5.92 Å². The fourth-order valence-electron chi connectivity index (χ4n) is 1.06. The molecule has 0 heterocycles. The Morgan fingerprint density at radius 1 is 1.44 bits per heavy atom. The van der Waals surface area contributed by atoms with Crippen LogP contribution in [0.1, 0.15) is 33.1 Å². The first-order valence-electron chi connectivity index (χ1n) is 5.42. The second-order valence-corrected chi connectivity index (χ2v) is 3.22. The van der Waals surface area contributed by atoms with Gasteiger partial charge in [0.05, 0.1) is 13.0 Å². The zero-order valence-corrected chi connectivity index (χ0v) is 9.73. The first kappa shape index (κ1) is 14.4. The van der Waals surface area contributed by atoms with E-state index < -0.39 is 17.9 Å². The molecule has 5 heteroatoms. The van der Waals surface area contributed by atoms with E-state index in [2.05, 4.69) is 15.7 Å². The third-order valence-corrected chi connectivity index (χ3v) is 1.86. The van der Waals surface area contributed by atoms with Crippen LogP contribution in [0.3, 0.4) is 0 Å². The molecular weight excluding hydrogens is 210 g/mol. The molecule has 0 aromatic rings. The van der Waals surface area contributed by atoms with E-state index in [1.807, 2.05) is 6.92 Å². The number of esters is 1. The van der Waals surface area contributed by atoms with Crippen molar-refractivity contribution < 1.29 is 19.4 Å². The smallest absolute Gasteiger partial charge is 0.320 e. The highest BCUT2D eigenvalue weighted by molar-refractivity contribution is 5.93. The standard InChI is InChI=1S/C11H17NO4/c1-3-7-12-8-5-6-9(10(13)14)11(15)16-4-2/h9H,3-7H2,1-2H3/p+1. The normalized spacial score (nSPS) is 11.1. The largest absolute Gasteiger partial charge is 0.481 e. The average molecular weight is 228 g/mol. The van der Waals surface area contributed by atoms with Crippen molar-refractivity contribution in [3.8, 4) is 6.07 Å². The van der Waals surface area contributed by atoms with Crippen molar-refractivity contribution >= 4 is 11.9 Å². The van der Waals surface area contributed by atoms with Gasteiger partial charge in [0.1, 0.15) is 0 Å². The lowest BCUT2D eigenvalue weighted by Crippen LogP contribution is -2.25. The zero-order valence-electron chi connectivity index (χ0n) is 9.73. The lowest BCUT2D eigenvalue weighted by molar-refractivity contribution is -0.158. The minimum atomic E-state index is -1.16. The van der Waals surface area contributed by atoms with Crippen molar-refractivity contribution in [3.63, 3.8) is 0 Å². The Bertz CT molecular complexity index is 290. The van der Waals surface area contributed by atoms with Crippen LogP contribution >= 0.6 is 0 Å². The number of carboxylic acid groups (broad SMARTS) is 1. The molecule has 0 saturated heterocycles. The van der Waals surface area contributed by atoms with Gasteiger partial charge in [0.2, 0.25) is 0 Å². The number of aliphatic carboxylic acids is 1. The highest BCUT2D eigenvalue weighted by Crippen LogP contribution is 2.09. The Kier molecular flexibility index (Phi) is 7.86. The first-order chi connectivity index (χ1) is 7.63. The van der Waals surface area contributed by atoms with Gasteiger partial charge in [-0.05, 0) is 13.3 Å². The predicted octanol–water partition coefficient (Wildman–Crippen LogP) is 1.77. The van der Waals surface area contributed by atoms with Crippen LogP contribution < -0.4 is 0 Å². The van der Waals surface area contributed by atoms with Gasteiger partial charge in [0, 0.05) is 6.42 Å². The number of hydrogen-bond acceptors (Lipinski definition) is 3.